The molecule has 3 rings (SSSR count). The van der Waals surface area contributed by atoms with E-state index in [1.165, 1.54) is 0 Å². The van der Waals surface area contributed by atoms with Gasteiger partial charge in [0.15, 0.2) is 5.82 Å². The van der Waals surface area contributed by atoms with Crippen LogP contribution in [0.5, 0.6) is 0 Å². The van der Waals surface area contributed by atoms with E-state index in [1.807, 2.05) is 18.7 Å². The Hall–Kier alpha value is -1.66. The fourth-order valence-corrected chi connectivity index (χ4v) is 2.72. The maximum absolute atomic E-state index is 5.37. The maximum atomic E-state index is 5.37. The topological polar surface area (TPSA) is 54.7 Å². The van der Waals surface area contributed by atoms with Gasteiger partial charge in [0.1, 0.15) is 5.52 Å². The lowest BCUT2D eigenvalue weighted by atomic mass is 10.2. The van der Waals surface area contributed by atoms with E-state index >= 15 is 0 Å². The zero-order chi connectivity index (χ0) is 14.5. The molecule has 1 fully saturated rings. The molecular formula is C15H23N5O. The molecule has 1 saturated heterocycles. The predicted octanol–water partition coefficient (Wildman–Crippen LogP) is 1.43. The first-order valence-electron chi connectivity index (χ1n) is 7.73. The number of rotatable bonds is 6. The van der Waals surface area contributed by atoms with Gasteiger partial charge in [-0.3, -0.25) is 4.90 Å². The van der Waals surface area contributed by atoms with Crippen LogP contribution in [0.1, 0.15) is 19.0 Å². The summed E-state index contributed by atoms with van der Waals surface area (Å²) in [6.45, 7) is 7.81. The molecule has 0 amide bonds. The predicted molar refractivity (Wildman–Crippen MR) is 82.7 cm³/mol. The number of imidazole rings is 1. The summed E-state index contributed by atoms with van der Waals surface area (Å²) in [6, 6.07) is 0. The van der Waals surface area contributed by atoms with Gasteiger partial charge in [-0.1, -0.05) is 13.3 Å². The first-order valence-corrected chi connectivity index (χ1v) is 7.73. The van der Waals surface area contributed by atoms with E-state index in [4.69, 9.17) is 4.74 Å². The summed E-state index contributed by atoms with van der Waals surface area (Å²) in [5.41, 5.74) is 2.24. The number of anilines is 1. The van der Waals surface area contributed by atoms with Crippen molar-refractivity contribution in [2.45, 2.75) is 19.8 Å². The van der Waals surface area contributed by atoms with Crippen LogP contribution >= 0.6 is 0 Å². The Morgan fingerprint density at radius 2 is 2.14 bits per heavy atom. The highest BCUT2D eigenvalue weighted by Gasteiger charge is 2.12. The van der Waals surface area contributed by atoms with Crippen molar-refractivity contribution in [1.29, 1.82) is 0 Å². The van der Waals surface area contributed by atoms with Crippen molar-refractivity contribution in [3.05, 3.63) is 24.4 Å². The average Bonchev–Trinajstić information content (AvgIpc) is 2.93. The minimum absolute atomic E-state index is 0.844. The van der Waals surface area contributed by atoms with Crippen LogP contribution in [0.4, 0.5) is 5.82 Å². The standard InChI is InChI=1S/C15H23N5O/c1-2-3-13-14-15(17-5-7-20(14)12-18-13)16-4-6-19-8-10-21-11-9-19/h5,7,12H,2-4,6,8-11H2,1H3,(H,16,17). The summed E-state index contributed by atoms with van der Waals surface area (Å²) in [7, 11) is 0. The third kappa shape index (κ3) is 3.33. The minimum Gasteiger partial charge on any atom is -0.379 e. The molecule has 0 spiro atoms. The number of hydrogen-bond acceptors (Lipinski definition) is 5. The fourth-order valence-electron chi connectivity index (χ4n) is 2.72. The largest absolute Gasteiger partial charge is 0.379 e. The normalized spacial score (nSPS) is 16.4. The summed E-state index contributed by atoms with van der Waals surface area (Å²) in [5.74, 6) is 0.937. The van der Waals surface area contributed by atoms with E-state index in [0.717, 1.165) is 69.3 Å². The Morgan fingerprint density at radius 1 is 1.29 bits per heavy atom. The van der Waals surface area contributed by atoms with Gasteiger partial charge in [0, 0.05) is 38.6 Å². The molecule has 21 heavy (non-hydrogen) atoms. The van der Waals surface area contributed by atoms with E-state index in [2.05, 4.69) is 31.5 Å². The van der Waals surface area contributed by atoms with Crippen LogP contribution < -0.4 is 5.32 Å². The molecule has 1 aliphatic heterocycles. The highest BCUT2D eigenvalue weighted by atomic mass is 16.5. The second kappa shape index (κ2) is 6.87. The molecule has 1 aliphatic rings. The molecular weight excluding hydrogens is 266 g/mol. The zero-order valence-electron chi connectivity index (χ0n) is 12.6. The van der Waals surface area contributed by atoms with Gasteiger partial charge in [-0.15, -0.1) is 0 Å². The summed E-state index contributed by atoms with van der Waals surface area (Å²) in [5, 5.41) is 3.47. The number of ether oxygens (including phenoxy) is 1. The van der Waals surface area contributed by atoms with Crippen molar-refractivity contribution in [1.82, 2.24) is 19.3 Å². The fraction of sp³-hybridized carbons (Fsp3) is 0.600. The smallest absolute Gasteiger partial charge is 0.152 e. The number of morpholine rings is 1. The highest BCUT2D eigenvalue weighted by molar-refractivity contribution is 5.70. The Labute approximate surface area is 125 Å². The van der Waals surface area contributed by atoms with E-state index in [-0.39, 0.29) is 0 Å². The van der Waals surface area contributed by atoms with Gasteiger partial charge in [-0.25, -0.2) is 9.97 Å². The number of nitrogens with zero attached hydrogens (tertiary/aromatic N) is 4. The third-order valence-electron chi connectivity index (χ3n) is 3.84. The molecule has 6 nitrogen and oxygen atoms in total. The molecule has 0 unspecified atom stereocenters. The van der Waals surface area contributed by atoms with E-state index in [1.54, 1.807) is 0 Å². The van der Waals surface area contributed by atoms with Crippen molar-refractivity contribution in [2.75, 3.05) is 44.7 Å². The second-order valence-corrected chi connectivity index (χ2v) is 5.35. The molecule has 0 aliphatic carbocycles. The van der Waals surface area contributed by atoms with Crippen molar-refractivity contribution >= 4 is 11.3 Å². The Bertz CT molecular complexity index is 576. The van der Waals surface area contributed by atoms with Crippen molar-refractivity contribution in [2.24, 2.45) is 0 Å². The molecule has 0 saturated carbocycles. The van der Waals surface area contributed by atoms with Crippen LogP contribution in [0, 0.1) is 0 Å². The molecule has 3 heterocycles. The highest BCUT2D eigenvalue weighted by Crippen LogP contribution is 2.18. The Kier molecular flexibility index (Phi) is 4.67. The molecule has 0 atom stereocenters. The molecule has 2 aromatic heterocycles. The number of aromatic nitrogens is 3. The second-order valence-electron chi connectivity index (χ2n) is 5.35. The van der Waals surface area contributed by atoms with Gasteiger partial charge < -0.3 is 14.5 Å². The molecule has 0 bridgehead atoms. The SMILES string of the molecule is CCCc1ncn2ccnc(NCCN3CCOCC3)c12. The van der Waals surface area contributed by atoms with E-state index in [9.17, 15) is 0 Å². The molecule has 114 valence electrons. The maximum Gasteiger partial charge on any atom is 0.152 e. The first-order chi connectivity index (χ1) is 10.4. The zero-order valence-corrected chi connectivity index (χ0v) is 12.6. The van der Waals surface area contributed by atoms with Crippen LogP contribution in [0.3, 0.4) is 0 Å². The van der Waals surface area contributed by atoms with Gasteiger partial charge in [-0.2, -0.15) is 0 Å². The summed E-state index contributed by atoms with van der Waals surface area (Å²) < 4.78 is 7.42. The molecule has 0 radical (unpaired) electrons. The number of fused-ring (bicyclic) bond motifs is 1. The lowest BCUT2D eigenvalue weighted by Crippen LogP contribution is -2.39. The quantitative estimate of drug-likeness (QED) is 0.872. The monoisotopic (exact) mass is 289 g/mol. The van der Waals surface area contributed by atoms with Crippen LogP contribution in [0.25, 0.3) is 5.52 Å². The number of hydrogen-bond donors (Lipinski definition) is 1. The summed E-state index contributed by atoms with van der Waals surface area (Å²) >= 11 is 0. The Morgan fingerprint density at radius 3 is 2.95 bits per heavy atom. The lowest BCUT2D eigenvalue weighted by molar-refractivity contribution is 0.0398. The first kappa shape index (κ1) is 14.3. The molecule has 0 aromatic carbocycles. The molecule has 2 aromatic rings. The minimum atomic E-state index is 0.844. The number of nitrogens with one attached hydrogen (secondary N) is 1. The van der Waals surface area contributed by atoms with Crippen molar-refractivity contribution in [3.63, 3.8) is 0 Å². The van der Waals surface area contributed by atoms with Crippen molar-refractivity contribution in [3.8, 4) is 0 Å². The van der Waals surface area contributed by atoms with Crippen LogP contribution in [0.15, 0.2) is 18.7 Å². The average molecular weight is 289 g/mol. The third-order valence-corrected chi connectivity index (χ3v) is 3.84. The van der Waals surface area contributed by atoms with Gasteiger partial charge in [-0.05, 0) is 6.42 Å². The summed E-state index contributed by atoms with van der Waals surface area (Å²) in [4.78, 5) is 11.4. The van der Waals surface area contributed by atoms with Gasteiger partial charge in [0.05, 0.1) is 25.2 Å². The lowest BCUT2D eigenvalue weighted by Gasteiger charge is -2.26. The van der Waals surface area contributed by atoms with Gasteiger partial charge in [0.2, 0.25) is 0 Å². The van der Waals surface area contributed by atoms with E-state index < -0.39 is 0 Å². The van der Waals surface area contributed by atoms with Crippen LogP contribution in [0.2, 0.25) is 0 Å². The van der Waals surface area contributed by atoms with Gasteiger partial charge in [0.25, 0.3) is 0 Å². The van der Waals surface area contributed by atoms with Crippen molar-refractivity contribution < 1.29 is 4.74 Å². The van der Waals surface area contributed by atoms with E-state index in [0.29, 0.717) is 0 Å². The molecule has 1 N–H and O–H groups in total. The van der Waals surface area contributed by atoms with Gasteiger partial charge >= 0.3 is 0 Å². The number of aryl methyl sites for hydroxylation is 1. The summed E-state index contributed by atoms with van der Waals surface area (Å²) in [6.07, 6.45) is 7.72. The molecule has 6 heteroatoms. The van der Waals surface area contributed by atoms with Crippen LogP contribution in [-0.4, -0.2) is 58.7 Å². The Balaban J connectivity index is 1.66. The van der Waals surface area contributed by atoms with Crippen LogP contribution in [-0.2, 0) is 11.2 Å².